The van der Waals surface area contributed by atoms with Crippen LogP contribution in [-0.2, 0) is 34.0 Å². The number of carbonyl (C=O) groups is 3. The Bertz CT molecular complexity index is 2220. The van der Waals surface area contributed by atoms with Crippen LogP contribution in [0.15, 0.2) is 64.2 Å². The summed E-state index contributed by atoms with van der Waals surface area (Å²) in [6.45, 7) is 0.630. The van der Waals surface area contributed by atoms with Gasteiger partial charge in [0.15, 0.2) is 5.57 Å². The smallest absolute Gasteiger partial charge is 0.350 e. The Morgan fingerprint density at radius 2 is 1.49 bits per heavy atom. The SMILES string of the molecule is CCn1c2ccccc2c2cc(-c3ccc(C=c4c(=O)n(CC(=O)O)c(=C(C#N)C(=O)O)n(CC(=O)O)c4=O)s3)ccc21. The van der Waals surface area contributed by atoms with E-state index in [2.05, 4.69) is 29.7 Å². The van der Waals surface area contributed by atoms with Gasteiger partial charge in [-0.3, -0.25) is 28.3 Å². The molecule has 0 spiro atoms. The first kappa shape index (κ1) is 28.8. The van der Waals surface area contributed by atoms with Crippen molar-refractivity contribution in [3.05, 3.63) is 90.9 Å². The second-order valence-corrected chi connectivity index (χ2v) is 10.6. The third-order valence-electron chi connectivity index (χ3n) is 6.88. The van der Waals surface area contributed by atoms with Crippen LogP contribution in [0.2, 0.25) is 0 Å². The van der Waals surface area contributed by atoms with Crippen LogP contribution >= 0.6 is 11.3 Å². The van der Waals surface area contributed by atoms with Gasteiger partial charge in [-0.25, -0.2) is 4.79 Å². The molecule has 0 saturated carbocycles. The predicted molar refractivity (Wildman–Crippen MR) is 158 cm³/mol. The van der Waals surface area contributed by atoms with E-state index < -0.39 is 58.4 Å². The lowest BCUT2D eigenvalue weighted by atomic mass is 10.1. The number of nitriles is 1. The molecule has 43 heavy (non-hydrogen) atoms. The lowest BCUT2D eigenvalue weighted by Crippen LogP contribution is -2.60. The number of aryl methyl sites for hydroxylation is 1. The van der Waals surface area contributed by atoms with Gasteiger partial charge in [-0.1, -0.05) is 24.3 Å². The molecule has 0 fully saturated rings. The molecule has 0 bridgehead atoms. The number of para-hydroxylation sites is 1. The normalized spacial score (nSPS) is 11.0. The van der Waals surface area contributed by atoms with E-state index in [0.29, 0.717) is 14.0 Å². The lowest BCUT2D eigenvalue weighted by molar-refractivity contribution is -0.138. The van der Waals surface area contributed by atoms with Crippen LogP contribution in [0.5, 0.6) is 0 Å². The Hall–Kier alpha value is -5.74. The Morgan fingerprint density at radius 3 is 2.07 bits per heavy atom. The van der Waals surface area contributed by atoms with E-state index in [-0.39, 0.29) is 0 Å². The van der Waals surface area contributed by atoms with Crippen LogP contribution in [0, 0.1) is 11.3 Å². The summed E-state index contributed by atoms with van der Waals surface area (Å²) in [5, 5.41) is 39.3. The number of aliphatic carboxylic acids is 3. The van der Waals surface area contributed by atoms with Crippen LogP contribution in [0.25, 0.3) is 43.9 Å². The van der Waals surface area contributed by atoms with Gasteiger partial charge in [0.05, 0.1) is 0 Å². The molecule has 3 aromatic heterocycles. The molecule has 3 N–H and O–H groups in total. The third-order valence-corrected chi connectivity index (χ3v) is 7.97. The lowest BCUT2D eigenvalue weighted by Gasteiger charge is -2.11. The maximum atomic E-state index is 13.4. The van der Waals surface area contributed by atoms with Gasteiger partial charge >= 0.3 is 17.9 Å². The molecule has 0 radical (unpaired) electrons. The molecule has 0 aliphatic rings. The van der Waals surface area contributed by atoms with Gasteiger partial charge < -0.3 is 19.9 Å². The van der Waals surface area contributed by atoms with Crippen molar-refractivity contribution in [3.63, 3.8) is 0 Å². The summed E-state index contributed by atoms with van der Waals surface area (Å²) >= 11 is 1.24. The van der Waals surface area contributed by atoms with E-state index >= 15 is 0 Å². The number of rotatable bonds is 8. The molecule has 0 aliphatic heterocycles. The summed E-state index contributed by atoms with van der Waals surface area (Å²) in [5.74, 6) is -5.01. The summed E-state index contributed by atoms with van der Waals surface area (Å²) in [6.07, 6.45) is 1.20. The first-order valence-electron chi connectivity index (χ1n) is 12.8. The Morgan fingerprint density at radius 1 is 0.860 bits per heavy atom. The quantitative estimate of drug-likeness (QED) is 0.239. The highest BCUT2D eigenvalue weighted by atomic mass is 32.1. The first-order chi connectivity index (χ1) is 20.5. The maximum Gasteiger partial charge on any atom is 0.350 e. The second kappa shape index (κ2) is 11.3. The molecular weight excluding hydrogens is 576 g/mol. The largest absolute Gasteiger partial charge is 0.480 e. The van der Waals surface area contributed by atoms with Crippen molar-refractivity contribution in [2.24, 2.45) is 0 Å². The molecule has 0 atom stereocenters. The van der Waals surface area contributed by atoms with Crippen molar-refractivity contribution in [1.29, 1.82) is 5.26 Å². The van der Waals surface area contributed by atoms with Gasteiger partial charge in [-0.05, 0) is 48.9 Å². The summed E-state index contributed by atoms with van der Waals surface area (Å²) in [4.78, 5) is 62.9. The van der Waals surface area contributed by atoms with Crippen LogP contribution in [0.3, 0.4) is 0 Å². The zero-order chi connectivity index (χ0) is 31.0. The van der Waals surface area contributed by atoms with E-state index in [9.17, 15) is 44.6 Å². The van der Waals surface area contributed by atoms with Gasteiger partial charge in [0.25, 0.3) is 11.1 Å². The van der Waals surface area contributed by atoms with E-state index in [1.54, 1.807) is 12.1 Å². The molecule has 2 aromatic carbocycles. The number of hydrogen-bond acceptors (Lipinski definition) is 7. The average molecular weight is 599 g/mol. The fourth-order valence-corrected chi connectivity index (χ4v) is 6.09. The number of hydrogen-bond donors (Lipinski definition) is 3. The second-order valence-electron chi connectivity index (χ2n) is 9.44. The fraction of sp³-hybridized carbons (Fsp3) is 0.133. The Balaban J connectivity index is 1.74. The Labute approximate surface area is 245 Å². The predicted octanol–water partition coefficient (Wildman–Crippen LogP) is 1.62. The minimum atomic E-state index is -1.86. The minimum Gasteiger partial charge on any atom is -0.480 e. The molecule has 0 amide bonds. The maximum absolute atomic E-state index is 13.4. The van der Waals surface area contributed by atoms with Gasteiger partial charge in [0.1, 0.15) is 29.9 Å². The third kappa shape index (κ3) is 5.11. The number of fused-ring (bicyclic) bond motifs is 3. The summed E-state index contributed by atoms with van der Waals surface area (Å²) < 4.78 is 3.05. The molecule has 216 valence electrons. The fourth-order valence-electron chi connectivity index (χ4n) is 5.15. The van der Waals surface area contributed by atoms with E-state index in [1.807, 2.05) is 24.3 Å². The van der Waals surface area contributed by atoms with Crippen LogP contribution in [0.4, 0.5) is 0 Å². The van der Waals surface area contributed by atoms with Gasteiger partial charge in [0, 0.05) is 38.1 Å². The van der Waals surface area contributed by atoms with Crippen molar-refractivity contribution in [1.82, 2.24) is 13.7 Å². The Kier molecular flexibility index (Phi) is 7.54. The summed E-state index contributed by atoms with van der Waals surface area (Å²) in [5.41, 5.74) is -1.37. The van der Waals surface area contributed by atoms with E-state index in [1.165, 1.54) is 23.5 Å². The van der Waals surface area contributed by atoms with E-state index in [4.69, 9.17) is 0 Å². The first-order valence-corrected chi connectivity index (χ1v) is 13.6. The highest BCUT2D eigenvalue weighted by Gasteiger charge is 2.21. The molecule has 3 heterocycles. The van der Waals surface area contributed by atoms with Crippen molar-refractivity contribution in [2.75, 3.05) is 0 Å². The van der Waals surface area contributed by atoms with Crippen molar-refractivity contribution in [3.8, 4) is 16.5 Å². The molecule has 0 unspecified atom stereocenters. The number of nitrogens with zero attached hydrogens (tertiary/aromatic N) is 4. The number of aromatic nitrogens is 3. The number of thiophene rings is 1. The van der Waals surface area contributed by atoms with E-state index in [0.717, 1.165) is 38.8 Å². The molecule has 0 aliphatic carbocycles. The molecule has 12 nitrogen and oxygen atoms in total. The standard InChI is InChI=1S/C30H22N4O8S/c1-2-32-22-6-4-3-5-18(22)19-11-16(7-9-23(19)32)24-10-8-17(43-24)12-20-28(39)33(14-25(35)36)27(21(13-31)30(41)42)34(29(20)40)15-26(37)38/h3-12H,2,14-15H2,1H3,(H,35,36)(H,37,38)(H,41,42). The monoisotopic (exact) mass is 598 g/mol. The van der Waals surface area contributed by atoms with Crippen LogP contribution in [-0.4, -0.2) is 46.9 Å². The number of carboxylic acids is 3. The van der Waals surface area contributed by atoms with Crippen LogP contribution < -0.4 is 21.8 Å². The number of carboxylic acid groups (broad SMARTS) is 3. The van der Waals surface area contributed by atoms with Crippen molar-refractivity contribution < 1.29 is 29.7 Å². The molecule has 13 heteroatoms. The zero-order valence-electron chi connectivity index (χ0n) is 22.5. The van der Waals surface area contributed by atoms with Crippen LogP contribution in [0.1, 0.15) is 11.8 Å². The van der Waals surface area contributed by atoms with Gasteiger partial charge in [-0.15, -0.1) is 11.3 Å². The molecule has 5 rings (SSSR count). The summed E-state index contributed by atoms with van der Waals surface area (Å²) in [7, 11) is 0. The molecular formula is C30H22N4O8S. The van der Waals surface area contributed by atoms with Crippen molar-refractivity contribution in [2.45, 2.75) is 26.6 Å². The minimum absolute atomic E-state index is 0.414. The summed E-state index contributed by atoms with van der Waals surface area (Å²) in [6, 6.07) is 18.9. The highest BCUT2D eigenvalue weighted by molar-refractivity contribution is 7.16. The zero-order valence-corrected chi connectivity index (χ0v) is 23.3. The topological polar surface area (TPSA) is 185 Å². The molecule has 5 aromatic rings. The molecule has 0 saturated heterocycles. The van der Waals surface area contributed by atoms with Gasteiger partial charge in [0.2, 0.25) is 0 Å². The van der Waals surface area contributed by atoms with Gasteiger partial charge in [-0.2, -0.15) is 5.26 Å². The average Bonchev–Trinajstić information content (AvgIpc) is 3.56. The number of benzene rings is 2. The van der Waals surface area contributed by atoms with Crippen molar-refractivity contribution >= 4 is 62.7 Å². The highest BCUT2D eigenvalue weighted by Crippen LogP contribution is 2.35.